The van der Waals surface area contributed by atoms with Crippen molar-refractivity contribution in [3.8, 4) is 22.6 Å². The number of ether oxygens (including phenoxy) is 1. The summed E-state index contributed by atoms with van der Waals surface area (Å²) < 4.78 is 6.91. The molecule has 0 aliphatic heterocycles. The Balaban J connectivity index is 1.98. The van der Waals surface area contributed by atoms with Gasteiger partial charge in [0.15, 0.2) is 0 Å². The van der Waals surface area contributed by atoms with Gasteiger partial charge in [-0.2, -0.15) is 5.10 Å². The quantitative estimate of drug-likeness (QED) is 0.439. The van der Waals surface area contributed by atoms with Crippen molar-refractivity contribution in [1.29, 1.82) is 0 Å². The van der Waals surface area contributed by atoms with E-state index in [1.807, 2.05) is 69.3 Å². The lowest BCUT2D eigenvalue weighted by Crippen LogP contribution is -2.25. The lowest BCUT2D eigenvalue weighted by Gasteiger charge is -2.19. The lowest BCUT2D eigenvalue weighted by atomic mass is 10.0. The Morgan fingerprint density at radius 3 is 2.24 bits per heavy atom. The zero-order valence-corrected chi connectivity index (χ0v) is 20.0. The highest BCUT2D eigenvalue weighted by Crippen LogP contribution is 2.29. The molecule has 3 aromatic carbocycles. The van der Waals surface area contributed by atoms with E-state index < -0.39 is 0 Å². The van der Waals surface area contributed by atoms with Gasteiger partial charge in [0.2, 0.25) is 5.43 Å². The van der Waals surface area contributed by atoms with Crippen LogP contribution in [0.1, 0.15) is 32.7 Å². The number of anilines is 1. The molecule has 4 rings (SSSR count). The molecular weight excluding hydrogens is 426 g/mol. The zero-order chi connectivity index (χ0) is 24.4. The molecule has 34 heavy (non-hydrogen) atoms. The number of hydrogen-bond acceptors (Lipinski definition) is 4. The van der Waals surface area contributed by atoms with Crippen molar-refractivity contribution in [2.45, 2.75) is 27.7 Å². The number of amides is 1. The second-order valence-corrected chi connectivity index (χ2v) is 8.32. The summed E-state index contributed by atoms with van der Waals surface area (Å²) in [7, 11) is 1.59. The molecule has 6 heteroatoms. The summed E-state index contributed by atoms with van der Waals surface area (Å²) in [5.74, 6) is 0.683. The third-order valence-electron chi connectivity index (χ3n) is 5.99. The maximum absolute atomic E-state index is 13.4. The maximum atomic E-state index is 13.4. The average Bonchev–Trinajstić information content (AvgIpc) is 2.83. The van der Waals surface area contributed by atoms with Gasteiger partial charge in [-0.15, -0.1) is 0 Å². The fourth-order valence-corrected chi connectivity index (χ4v) is 3.83. The molecule has 0 saturated carbocycles. The van der Waals surface area contributed by atoms with E-state index in [-0.39, 0.29) is 11.3 Å². The summed E-state index contributed by atoms with van der Waals surface area (Å²) in [6, 6.07) is 20.5. The summed E-state index contributed by atoms with van der Waals surface area (Å²) in [5, 5.41) is 7.56. The molecule has 0 aliphatic rings. The summed E-state index contributed by atoms with van der Waals surface area (Å²) in [6.07, 6.45) is 0. The van der Waals surface area contributed by atoms with Gasteiger partial charge in [0.05, 0.1) is 18.4 Å². The molecule has 4 aromatic rings. The number of methoxy groups -OCH3 is 1. The van der Waals surface area contributed by atoms with E-state index >= 15 is 0 Å². The summed E-state index contributed by atoms with van der Waals surface area (Å²) in [6.45, 7) is 7.61. The summed E-state index contributed by atoms with van der Waals surface area (Å²) in [5.41, 5.74) is 5.46. The molecule has 0 spiro atoms. The number of nitrogens with zero attached hydrogens (tertiary/aromatic N) is 2. The molecule has 0 radical (unpaired) electrons. The second-order valence-electron chi connectivity index (χ2n) is 8.32. The van der Waals surface area contributed by atoms with Crippen LogP contribution in [-0.4, -0.2) is 22.8 Å². The van der Waals surface area contributed by atoms with Gasteiger partial charge in [0, 0.05) is 5.56 Å². The molecule has 0 atom stereocenters. The Morgan fingerprint density at radius 1 is 0.882 bits per heavy atom. The van der Waals surface area contributed by atoms with E-state index in [4.69, 9.17) is 4.74 Å². The number of rotatable bonds is 5. The van der Waals surface area contributed by atoms with Crippen LogP contribution < -0.4 is 15.5 Å². The van der Waals surface area contributed by atoms with Gasteiger partial charge in [0.25, 0.3) is 5.91 Å². The van der Waals surface area contributed by atoms with E-state index in [1.54, 1.807) is 36.9 Å². The molecule has 172 valence electrons. The SMILES string of the molecule is COc1ccc(-c2c(NC(=O)c3ccccc3C)n(-c3ccc(C)c(C)c3)nc(C)c2=O)cc1. The van der Waals surface area contributed by atoms with Gasteiger partial charge >= 0.3 is 0 Å². The number of carbonyl (C=O) groups excluding carboxylic acids is 1. The average molecular weight is 454 g/mol. The Hall–Kier alpha value is -4.19. The van der Waals surface area contributed by atoms with Crippen LogP contribution >= 0.6 is 0 Å². The number of aromatic nitrogens is 2. The first-order valence-corrected chi connectivity index (χ1v) is 11.0. The van der Waals surface area contributed by atoms with Crippen LogP contribution in [-0.2, 0) is 0 Å². The van der Waals surface area contributed by atoms with Crippen molar-refractivity contribution in [3.63, 3.8) is 0 Å². The first-order chi connectivity index (χ1) is 16.3. The number of carbonyl (C=O) groups is 1. The van der Waals surface area contributed by atoms with Gasteiger partial charge in [-0.25, -0.2) is 4.68 Å². The van der Waals surface area contributed by atoms with Crippen molar-refractivity contribution in [2.75, 3.05) is 12.4 Å². The van der Waals surface area contributed by atoms with Crippen molar-refractivity contribution < 1.29 is 9.53 Å². The van der Waals surface area contributed by atoms with E-state index in [9.17, 15) is 9.59 Å². The Kier molecular flexibility index (Phi) is 6.32. The monoisotopic (exact) mass is 453 g/mol. The van der Waals surface area contributed by atoms with Gasteiger partial charge in [-0.3, -0.25) is 9.59 Å². The molecule has 0 unspecified atom stereocenters. The van der Waals surface area contributed by atoms with Crippen molar-refractivity contribution in [2.24, 2.45) is 0 Å². The Bertz CT molecular complexity index is 1440. The first-order valence-electron chi connectivity index (χ1n) is 11.0. The fourth-order valence-electron chi connectivity index (χ4n) is 3.83. The molecule has 0 bridgehead atoms. The number of nitrogens with one attached hydrogen (secondary N) is 1. The molecule has 0 saturated heterocycles. The van der Waals surface area contributed by atoms with Gasteiger partial charge in [0.1, 0.15) is 17.3 Å². The molecule has 6 nitrogen and oxygen atoms in total. The molecule has 1 amide bonds. The Labute approximate surface area is 198 Å². The van der Waals surface area contributed by atoms with E-state index in [0.717, 1.165) is 22.4 Å². The molecule has 1 N–H and O–H groups in total. The Morgan fingerprint density at radius 2 is 1.59 bits per heavy atom. The van der Waals surface area contributed by atoms with Crippen LogP contribution in [0.15, 0.2) is 71.5 Å². The van der Waals surface area contributed by atoms with Gasteiger partial charge in [-0.05, 0) is 80.3 Å². The topological polar surface area (TPSA) is 73.2 Å². The third kappa shape index (κ3) is 4.35. The number of hydrogen-bond donors (Lipinski definition) is 1. The van der Waals surface area contributed by atoms with Crippen LogP contribution in [0, 0.1) is 27.7 Å². The minimum atomic E-state index is -0.310. The van der Waals surface area contributed by atoms with Crippen LogP contribution in [0.5, 0.6) is 5.75 Å². The van der Waals surface area contributed by atoms with Crippen molar-refractivity contribution in [1.82, 2.24) is 9.78 Å². The highest BCUT2D eigenvalue weighted by atomic mass is 16.5. The van der Waals surface area contributed by atoms with Crippen molar-refractivity contribution in [3.05, 3.63) is 105 Å². The van der Waals surface area contributed by atoms with Gasteiger partial charge < -0.3 is 10.1 Å². The largest absolute Gasteiger partial charge is 0.497 e. The fraction of sp³-hybridized carbons (Fsp3) is 0.179. The highest BCUT2D eigenvalue weighted by molar-refractivity contribution is 6.06. The zero-order valence-electron chi connectivity index (χ0n) is 20.0. The first kappa shape index (κ1) is 23.0. The van der Waals surface area contributed by atoms with Crippen LogP contribution in [0.2, 0.25) is 0 Å². The predicted molar refractivity (Wildman–Crippen MR) is 135 cm³/mol. The smallest absolute Gasteiger partial charge is 0.257 e. The van der Waals surface area contributed by atoms with E-state index in [1.165, 1.54) is 0 Å². The highest BCUT2D eigenvalue weighted by Gasteiger charge is 2.21. The normalized spacial score (nSPS) is 10.7. The van der Waals surface area contributed by atoms with Gasteiger partial charge in [-0.1, -0.05) is 36.4 Å². The molecule has 1 heterocycles. The predicted octanol–water partition coefficient (Wildman–Crippen LogP) is 5.39. The number of aryl methyl sites for hydroxylation is 4. The lowest BCUT2D eigenvalue weighted by molar-refractivity contribution is 0.102. The summed E-state index contributed by atoms with van der Waals surface area (Å²) >= 11 is 0. The molecule has 1 aromatic heterocycles. The molecule has 0 fully saturated rings. The van der Waals surface area contributed by atoms with E-state index in [2.05, 4.69) is 10.4 Å². The van der Waals surface area contributed by atoms with Crippen molar-refractivity contribution >= 4 is 11.7 Å². The van der Waals surface area contributed by atoms with Crippen LogP contribution in [0.3, 0.4) is 0 Å². The van der Waals surface area contributed by atoms with E-state index in [0.29, 0.717) is 34.0 Å². The molecule has 0 aliphatic carbocycles. The minimum absolute atomic E-state index is 0.245. The third-order valence-corrected chi connectivity index (χ3v) is 5.99. The van der Waals surface area contributed by atoms with Crippen LogP contribution in [0.4, 0.5) is 5.82 Å². The summed E-state index contributed by atoms with van der Waals surface area (Å²) in [4.78, 5) is 26.7. The minimum Gasteiger partial charge on any atom is -0.497 e. The maximum Gasteiger partial charge on any atom is 0.257 e. The second kappa shape index (κ2) is 9.35. The number of benzene rings is 3. The standard InChI is InChI=1S/C28H27N3O3/c1-17-10-13-22(16-19(17)3)31-27(29-28(33)24-9-7-6-8-18(24)2)25(26(32)20(4)30-31)21-11-14-23(34-5)15-12-21/h6-16H,1-5H3,(H,29,33). The molecular formula is C28H27N3O3. The van der Waals surface area contributed by atoms with Crippen LogP contribution in [0.25, 0.3) is 16.8 Å².